The maximum absolute atomic E-state index is 12.6. The lowest BCUT2D eigenvalue weighted by molar-refractivity contribution is -0.862. The highest BCUT2D eigenvalue weighted by Gasteiger charge is 2.22. The SMILES string of the molecule is C[NH+](CC(=O)Nc1ccccc1C(=O)NC1CCCC1)CC(=O)NC(C)(C)C. The summed E-state index contributed by atoms with van der Waals surface area (Å²) in [5, 5.41) is 8.75. The van der Waals surface area contributed by atoms with Gasteiger partial charge >= 0.3 is 0 Å². The molecule has 1 aromatic rings. The fourth-order valence-electron chi connectivity index (χ4n) is 3.39. The van der Waals surface area contributed by atoms with Crippen molar-refractivity contribution in [3.63, 3.8) is 0 Å². The van der Waals surface area contributed by atoms with E-state index < -0.39 is 0 Å². The molecule has 7 heteroatoms. The first-order valence-corrected chi connectivity index (χ1v) is 9.96. The van der Waals surface area contributed by atoms with Crippen LogP contribution in [0.4, 0.5) is 5.69 Å². The predicted molar refractivity (Wildman–Crippen MR) is 109 cm³/mol. The fourth-order valence-corrected chi connectivity index (χ4v) is 3.39. The summed E-state index contributed by atoms with van der Waals surface area (Å²) in [4.78, 5) is 37.8. The van der Waals surface area contributed by atoms with Crippen LogP contribution in [-0.2, 0) is 9.59 Å². The summed E-state index contributed by atoms with van der Waals surface area (Å²) in [5.41, 5.74) is 0.659. The lowest BCUT2D eigenvalue weighted by Gasteiger charge is -2.22. The lowest BCUT2D eigenvalue weighted by Crippen LogP contribution is -3.11. The van der Waals surface area contributed by atoms with Gasteiger partial charge < -0.3 is 20.9 Å². The van der Waals surface area contributed by atoms with Gasteiger partial charge in [0.2, 0.25) is 0 Å². The predicted octanol–water partition coefficient (Wildman–Crippen LogP) is 0.727. The molecule has 0 radical (unpaired) electrons. The number of quaternary nitrogens is 1. The van der Waals surface area contributed by atoms with Gasteiger partial charge in [-0.2, -0.15) is 0 Å². The molecule has 0 aromatic heterocycles. The number of hydrogen-bond donors (Lipinski definition) is 4. The molecule has 154 valence electrons. The van der Waals surface area contributed by atoms with Crippen molar-refractivity contribution < 1.29 is 19.3 Å². The number of anilines is 1. The van der Waals surface area contributed by atoms with Crippen LogP contribution >= 0.6 is 0 Å². The largest absolute Gasteiger partial charge is 0.349 e. The van der Waals surface area contributed by atoms with Crippen molar-refractivity contribution in [2.24, 2.45) is 0 Å². The van der Waals surface area contributed by atoms with E-state index in [-0.39, 0.29) is 42.4 Å². The third kappa shape index (κ3) is 7.31. The molecule has 0 spiro atoms. The van der Waals surface area contributed by atoms with Gasteiger partial charge in [-0.05, 0) is 45.7 Å². The summed E-state index contributed by atoms with van der Waals surface area (Å²) in [6.45, 7) is 6.09. The minimum absolute atomic E-state index is 0.103. The maximum atomic E-state index is 12.6. The van der Waals surface area contributed by atoms with Crippen LogP contribution in [0.25, 0.3) is 0 Å². The number of likely N-dealkylation sites (N-methyl/N-ethyl adjacent to an activating group) is 1. The van der Waals surface area contributed by atoms with E-state index in [0.29, 0.717) is 11.3 Å². The molecule has 1 atom stereocenters. The number of nitrogens with one attached hydrogen (secondary N) is 4. The molecule has 1 aromatic carbocycles. The Labute approximate surface area is 167 Å². The van der Waals surface area contributed by atoms with Crippen molar-refractivity contribution in [2.45, 2.75) is 58.0 Å². The van der Waals surface area contributed by atoms with Crippen LogP contribution in [0.2, 0.25) is 0 Å². The number of para-hydroxylation sites is 1. The molecule has 1 saturated carbocycles. The maximum Gasteiger partial charge on any atom is 0.279 e. The normalized spacial score (nSPS) is 15.7. The Morgan fingerprint density at radius 2 is 1.64 bits per heavy atom. The van der Waals surface area contributed by atoms with Gasteiger partial charge in [-0.25, -0.2) is 0 Å². The van der Waals surface area contributed by atoms with Crippen LogP contribution in [0.5, 0.6) is 0 Å². The molecule has 1 aliphatic rings. The van der Waals surface area contributed by atoms with Crippen molar-refractivity contribution in [1.82, 2.24) is 10.6 Å². The quantitative estimate of drug-likeness (QED) is 0.554. The lowest BCUT2D eigenvalue weighted by atomic mass is 10.1. The van der Waals surface area contributed by atoms with E-state index in [1.807, 2.05) is 20.8 Å². The molecule has 1 aliphatic carbocycles. The van der Waals surface area contributed by atoms with Gasteiger partial charge in [0.05, 0.1) is 18.3 Å². The van der Waals surface area contributed by atoms with Gasteiger partial charge in [0.25, 0.3) is 17.7 Å². The number of amides is 3. The Hall–Kier alpha value is -2.41. The van der Waals surface area contributed by atoms with Crippen LogP contribution in [-0.4, -0.2) is 49.4 Å². The molecule has 2 rings (SSSR count). The number of carbonyl (C=O) groups excluding carboxylic acids is 3. The molecule has 0 saturated heterocycles. The van der Waals surface area contributed by atoms with Gasteiger partial charge in [0.1, 0.15) is 0 Å². The van der Waals surface area contributed by atoms with Gasteiger partial charge in [-0.15, -0.1) is 0 Å². The average Bonchev–Trinajstić information content (AvgIpc) is 3.05. The van der Waals surface area contributed by atoms with Crippen LogP contribution < -0.4 is 20.9 Å². The highest BCUT2D eigenvalue weighted by Crippen LogP contribution is 2.20. The minimum atomic E-state index is -0.300. The third-order valence-electron chi connectivity index (χ3n) is 4.58. The van der Waals surface area contributed by atoms with Gasteiger partial charge in [0.15, 0.2) is 13.1 Å². The minimum Gasteiger partial charge on any atom is -0.349 e. The molecule has 1 unspecified atom stereocenters. The van der Waals surface area contributed by atoms with Crippen molar-refractivity contribution in [2.75, 3.05) is 25.5 Å². The van der Waals surface area contributed by atoms with Gasteiger partial charge in [-0.3, -0.25) is 14.4 Å². The molecule has 0 heterocycles. The zero-order valence-corrected chi connectivity index (χ0v) is 17.4. The fraction of sp³-hybridized carbons (Fsp3) is 0.571. The second-order valence-corrected chi connectivity index (χ2v) is 8.66. The Bertz CT molecular complexity index is 706. The van der Waals surface area contributed by atoms with Crippen molar-refractivity contribution >= 4 is 23.4 Å². The first-order chi connectivity index (χ1) is 13.1. The van der Waals surface area contributed by atoms with Crippen LogP contribution in [0, 0.1) is 0 Å². The van der Waals surface area contributed by atoms with Crippen LogP contribution in [0.3, 0.4) is 0 Å². The molecule has 3 amide bonds. The van der Waals surface area contributed by atoms with E-state index in [0.717, 1.165) is 30.6 Å². The average molecular weight is 390 g/mol. The second-order valence-electron chi connectivity index (χ2n) is 8.66. The van der Waals surface area contributed by atoms with Crippen molar-refractivity contribution in [3.8, 4) is 0 Å². The Kier molecular flexibility index (Phi) is 7.57. The second kappa shape index (κ2) is 9.68. The third-order valence-corrected chi connectivity index (χ3v) is 4.58. The number of rotatable bonds is 7. The van der Waals surface area contributed by atoms with Gasteiger partial charge in [0, 0.05) is 11.6 Å². The Morgan fingerprint density at radius 3 is 2.29 bits per heavy atom. The zero-order chi connectivity index (χ0) is 20.7. The molecule has 4 N–H and O–H groups in total. The molecule has 0 aliphatic heterocycles. The molecule has 28 heavy (non-hydrogen) atoms. The van der Waals surface area contributed by atoms with E-state index in [2.05, 4.69) is 16.0 Å². The monoisotopic (exact) mass is 389 g/mol. The van der Waals surface area contributed by atoms with Crippen LogP contribution in [0.1, 0.15) is 56.8 Å². The van der Waals surface area contributed by atoms with E-state index in [4.69, 9.17) is 0 Å². The summed E-state index contributed by atoms with van der Waals surface area (Å²) in [5.74, 6) is -0.496. The summed E-state index contributed by atoms with van der Waals surface area (Å²) < 4.78 is 0. The summed E-state index contributed by atoms with van der Waals surface area (Å²) in [7, 11) is 1.79. The number of benzene rings is 1. The molecule has 1 fully saturated rings. The Balaban J connectivity index is 1.91. The molecule has 7 nitrogen and oxygen atoms in total. The Morgan fingerprint density at radius 1 is 1.04 bits per heavy atom. The van der Waals surface area contributed by atoms with Gasteiger partial charge in [-0.1, -0.05) is 25.0 Å². The number of hydrogen-bond acceptors (Lipinski definition) is 3. The summed E-state index contributed by atoms with van der Waals surface area (Å²) in [6, 6.07) is 7.23. The molecule has 0 bridgehead atoms. The summed E-state index contributed by atoms with van der Waals surface area (Å²) >= 11 is 0. The van der Waals surface area contributed by atoms with Crippen molar-refractivity contribution in [1.29, 1.82) is 0 Å². The van der Waals surface area contributed by atoms with E-state index in [1.165, 1.54) is 0 Å². The highest BCUT2D eigenvalue weighted by atomic mass is 16.2. The van der Waals surface area contributed by atoms with E-state index in [1.54, 1.807) is 31.3 Å². The topological polar surface area (TPSA) is 91.7 Å². The smallest absolute Gasteiger partial charge is 0.279 e. The van der Waals surface area contributed by atoms with Crippen LogP contribution in [0.15, 0.2) is 24.3 Å². The van der Waals surface area contributed by atoms with E-state index in [9.17, 15) is 14.4 Å². The zero-order valence-electron chi connectivity index (χ0n) is 17.4. The van der Waals surface area contributed by atoms with E-state index >= 15 is 0 Å². The first kappa shape index (κ1) is 21.9. The van der Waals surface area contributed by atoms with Crippen molar-refractivity contribution in [3.05, 3.63) is 29.8 Å². The molecular formula is C21H33N4O3+. The molecular weight excluding hydrogens is 356 g/mol. The standard InChI is InChI=1S/C21H32N4O3/c1-21(2,3)24-19(27)14-25(4)13-18(26)23-17-12-8-7-11-16(17)20(28)22-15-9-5-6-10-15/h7-8,11-12,15H,5-6,9-10,13-14H2,1-4H3,(H,22,28)(H,23,26)(H,24,27)/p+1. The highest BCUT2D eigenvalue weighted by molar-refractivity contribution is 6.04. The summed E-state index contributed by atoms with van der Waals surface area (Å²) in [6.07, 6.45) is 4.29. The first-order valence-electron chi connectivity index (χ1n) is 9.96. The number of carbonyl (C=O) groups is 3.